The lowest BCUT2D eigenvalue weighted by atomic mass is 10.1. The Bertz CT molecular complexity index is 1220. The number of amides is 1. The van der Waals surface area contributed by atoms with Crippen LogP contribution in [0, 0.1) is 11.3 Å². The Labute approximate surface area is 214 Å². The summed E-state index contributed by atoms with van der Waals surface area (Å²) < 4.78 is 13.2. The zero-order chi connectivity index (χ0) is 23.8. The van der Waals surface area contributed by atoms with E-state index in [-0.39, 0.29) is 12.2 Å². The normalized spacial score (nSPS) is 10.9. The van der Waals surface area contributed by atoms with E-state index in [1.807, 2.05) is 31.2 Å². The van der Waals surface area contributed by atoms with Gasteiger partial charge >= 0.3 is 0 Å². The van der Waals surface area contributed by atoms with Crippen LogP contribution in [0.3, 0.4) is 0 Å². The molecule has 0 radical (unpaired) electrons. The van der Waals surface area contributed by atoms with E-state index in [9.17, 15) is 10.1 Å². The molecule has 3 aromatic rings. The van der Waals surface area contributed by atoms with Crippen molar-refractivity contribution in [2.45, 2.75) is 13.5 Å². The number of benzene rings is 3. The molecular formula is C25H19Br2ClN2O3. The van der Waals surface area contributed by atoms with Gasteiger partial charge in [0.1, 0.15) is 18.2 Å². The van der Waals surface area contributed by atoms with Crippen molar-refractivity contribution in [3.63, 3.8) is 0 Å². The third kappa shape index (κ3) is 6.84. The Morgan fingerprint density at radius 2 is 1.79 bits per heavy atom. The molecule has 8 heteroatoms. The molecule has 0 aromatic heterocycles. The molecule has 0 spiro atoms. The first-order valence-corrected chi connectivity index (χ1v) is 11.9. The van der Waals surface area contributed by atoms with Gasteiger partial charge in [0, 0.05) is 25.2 Å². The van der Waals surface area contributed by atoms with Crippen LogP contribution in [0.4, 0.5) is 5.69 Å². The molecular weight excluding hydrogens is 572 g/mol. The zero-order valence-corrected chi connectivity index (χ0v) is 21.5. The maximum atomic E-state index is 12.6. The Balaban J connectivity index is 1.85. The van der Waals surface area contributed by atoms with Gasteiger partial charge in [-0.1, -0.05) is 61.7 Å². The summed E-state index contributed by atoms with van der Waals surface area (Å²) >= 11 is 13.1. The number of nitrogens with one attached hydrogen (secondary N) is 1. The first-order valence-electron chi connectivity index (χ1n) is 9.92. The summed E-state index contributed by atoms with van der Waals surface area (Å²) in [5.74, 6) is 0.493. The minimum Gasteiger partial charge on any atom is -0.490 e. The third-order valence-corrected chi connectivity index (χ3v) is 6.06. The van der Waals surface area contributed by atoms with Crippen molar-refractivity contribution in [1.82, 2.24) is 0 Å². The first kappa shape index (κ1) is 24.8. The van der Waals surface area contributed by atoms with Crippen molar-refractivity contribution < 1.29 is 14.3 Å². The Morgan fingerprint density at radius 3 is 2.45 bits per heavy atom. The summed E-state index contributed by atoms with van der Waals surface area (Å²) in [5, 5.41) is 12.9. The number of halogens is 3. The van der Waals surface area contributed by atoms with Gasteiger partial charge < -0.3 is 14.8 Å². The van der Waals surface area contributed by atoms with Crippen LogP contribution in [0.25, 0.3) is 6.08 Å². The number of carbonyl (C=O) groups is 1. The van der Waals surface area contributed by atoms with Gasteiger partial charge in [-0.15, -0.1) is 0 Å². The van der Waals surface area contributed by atoms with Crippen LogP contribution in [0.2, 0.25) is 5.02 Å². The quantitative estimate of drug-likeness (QED) is 0.219. The van der Waals surface area contributed by atoms with Crippen LogP contribution in [-0.4, -0.2) is 12.5 Å². The second kappa shape index (κ2) is 11.9. The number of carbonyl (C=O) groups excluding carboxylic acids is 1. The van der Waals surface area contributed by atoms with Crippen molar-refractivity contribution in [3.8, 4) is 17.6 Å². The average Bonchev–Trinajstić information content (AvgIpc) is 2.80. The molecule has 0 atom stereocenters. The van der Waals surface area contributed by atoms with Crippen LogP contribution in [0.5, 0.6) is 11.5 Å². The summed E-state index contributed by atoms with van der Waals surface area (Å²) in [6.45, 7) is 2.55. The van der Waals surface area contributed by atoms with Crippen molar-refractivity contribution in [2.24, 2.45) is 0 Å². The van der Waals surface area contributed by atoms with Gasteiger partial charge in [-0.2, -0.15) is 5.26 Å². The molecule has 3 aromatic carbocycles. The number of nitrogens with zero attached hydrogens (tertiary/aromatic N) is 1. The highest BCUT2D eigenvalue weighted by molar-refractivity contribution is 9.10. The Hall–Kier alpha value is -2.79. The fraction of sp³-hybridized carbons (Fsp3) is 0.120. The summed E-state index contributed by atoms with van der Waals surface area (Å²) in [7, 11) is 0. The van der Waals surface area contributed by atoms with Gasteiger partial charge in [0.15, 0.2) is 11.5 Å². The molecule has 0 saturated carbocycles. The van der Waals surface area contributed by atoms with E-state index in [2.05, 4.69) is 37.2 Å². The van der Waals surface area contributed by atoms with Crippen molar-refractivity contribution in [3.05, 3.63) is 91.3 Å². The number of ether oxygens (including phenoxy) is 2. The molecule has 0 heterocycles. The van der Waals surface area contributed by atoms with E-state index in [0.717, 1.165) is 10.0 Å². The maximum absolute atomic E-state index is 12.6. The molecule has 0 aliphatic rings. The lowest BCUT2D eigenvalue weighted by Gasteiger charge is -2.15. The lowest BCUT2D eigenvalue weighted by Crippen LogP contribution is -2.13. The summed E-state index contributed by atoms with van der Waals surface area (Å²) in [6.07, 6.45) is 1.50. The topological polar surface area (TPSA) is 71.3 Å². The zero-order valence-electron chi connectivity index (χ0n) is 17.6. The fourth-order valence-corrected chi connectivity index (χ4v) is 3.74. The molecule has 0 aliphatic carbocycles. The van der Waals surface area contributed by atoms with E-state index in [1.54, 1.807) is 42.5 Å². The van der Waals surface area contributed by atoms with Crippen molar-refractivity contribution in [1.29, 1.82) is 5.26 Å². The predicted molar refractivity (Wildman–Crippen MR) is 137 cm³/mol. The lowest BCUT2D eigenvalue weighted by molar-refractivity contribution is -0.112. The first-order chi connectivity index (χ1) is 15.9. The molecule has 0 fully saturated rings. The molecule has 0 bridgehead atoms. The number of hydrogen-bond donors (Lipinski definition) is 1. The molecule has 0 aliphatic heterocycles. The molecule has 1 amide bonds. The highest BCUT2D eigenvalue weighted by Gasteiger charge is 2.15. The number of nitriles is 1. The van der Waals surface area contributed by atoms with E-state index >= 15 is 0 Å². The third-order valence-electron chi connectivity index (χ3n) is 4.47. The Kier molecular flexibility index (Phi) is 8.95. The second-order valence-electron chi connectivity index (χ2n) is 6.76. The average molecular weight is 591 g/mol. The van der Waals surface area contributed by atoms with Crippen LogP contribution < -0.4 is 14.8 Å². The molecule has 33 heavy (non-hydrogen) atoms. The maximum Gasteiger partial charge on any atom is 0.266 e. The van der Waals surface area contributed by atoms with Crippen LogP contribution in [0.15, 0.2) is 75.2 Å². The molecule has 168 valence electrons. The largest absolute Gasteiger partial charge is 0.490 e. The van der Waals surface area contributed by atoms with Crippen molar-refractivity contribution in [2.75, 3.05) is 11.9 Å². The fourth-order valence-electron chi connectivity index (χ4n) is 2.85. The number of hydrogen-bond acceptors (Lipinski definition) is 4. The summed E-state index contributed by atoms with van der Waals surface area (Å²) in [6, 6.07) is 20.0. The summed E-state index contributed by atoms with van der Waals surface area (Å²) in [5.41, 5.74) is 1.98. The van der Waals surface area contributed by atoms with Gasteiger partial charge in [0.2, 0.25) is 0 Å². The number of anilines is 1. The number of rotatable bonds is 8. The van der Waals surface area contributed by atoms with Gasteiger partial charge in [0.05, 0.1) is 6.61 Å². The van der Waals surface area contributed by atoms with Crippen LogP contribution in [-0.2, 0) is 11.4 Å². The molecule has 0 saturated heterocycles. The monoisotopic (exact) mass is 588 g/mol. The van der Waals surface area contributed by atoms with E-state index in [1.165, 1.54) is 6.08 Å². The van der Waals surface area contributed by atoms with Gasteiger partial charge in [-0.25, -0.2) is 0 Å². The highest BCUT2D eigenvalue weighted by Crippen LogP contribution is 2.36. The van der Waals surface area contributed by atoms with Gasteiger partial charge in [0.25, 0.3) is 5.91 Å². The SMILES string of the molecule is CCOc1cc(/C=C(\C#N)C(=O)Nc2ccc(Br)cc2)c(Br)cc1OCc1ccccc1Cl. The van der Waals surface area contributed by atoms with Gasteiger partial charge in [-0.3, -0.25) is 4.79 Å². The summed E-state index contributed by atoms with van der Waals surface area (Å²) in [4.78, 5) is 12.6. The van der Waals surface area contributed by atoms with Crippen molar-refractivity contribution >= 4 is 61.1 Å². The van der Waals surface area contributed by atoms with E-state index in [0.29, 0.717) is 38.9 Å². The van der Waals surface area contributed by atoms with Crippen LogP contribution in [0.1, 0.15) is 18.1 Å². The van der Waals surface area contributed by atoms with Gasteiger partial charge in [-0.05, 0) is 61.0 Å². The molecule has 1 N–H and O–H groups in total. The highest BCUT2D eigenvalue weighted by atomic mass is 79.9. The molecule has 5 nitrogen and oxygen atoms in total. The Morgan fingerprint density at radius 1 is 1.09 bits per heavy atom. The minimum absolute atomic E-state index is 0.0502. The predicted octanol–water partition coefficient (Wildman–Crippen LogP) is 7.39. The second-order valence-corrected chi connectivity index (χ2v) is 8.94. The van der Waals surface area contributed by atoms with E-state index in [4.69, 9.17) is 21.1 Å². The van der Waals surface area contributed by atoms with Crippen LogP contribution >= 0.6 is 43.5 Å². The molecule has 0 unspecified atom stereocenters. The smallest absolute Gasteiger partial charge is 0.266 e. The van der Waals surface area contributed by atoms with E-state index < -0.39 is 5.91 Å². The standard InChI is InChI=1S/C25H19Br2ClN2O3/c1-2-32-23-12-17(11-18(14-29)25(31)30-20-9-7-19(26)8-10-20)21(27)13-24(23)33-15-16-5-3-4-6-22(16)28/h3-13H,2,15H2,1H3,(H,30,31)/b18-11+. The molecule has 3 rings (SSSR count). The minimum atomic E-state index is -0.510.